The lowest BCUT2D eigenvalue weighted by Gasteiger charge is -2.32. The Kier molecular flexibility index (Phi) is 7.92. The Hall–Kier alpha value is -1.92. The fourth-order valence-electron chi connectivity index (χ4n) is 2.00. The number of carbonyl (C=O) groups excluding carboxylic acids is 4. The second-order valence-electron chi connectivity index (χ2n) is 6.48. The number of amides is 1. The second-order valence-corrected chi connectivity index (χ2v) is 6.48. The largest absolute Gasteiger partial charge is 0.464 e. The molecule has 7 heteroatoms. The first-order valence-corrected chi connectivity index (χ1v) is 7.66. The van der Waals surface area contributed by atoms with Crippen LogP contribution in [0.1, 0.15) is 54.4 Å². The maximum Gasteiger partial charge on any atom is 0.408 e. The van der Waals surface area contributed by atoms with E-state index in [1.165, 1.54) is 0 Å². The molecule has 0 rings (SSSR count). The molecule has 0 aromatic rings. The van der Waals surface area contributed by atoms with Gasteiger partial charge in [0.05, 0.1) is 6.61 Å². The highest BCUT2D eigenvalue weighted by Crippen LogP contribution is 2.22. The van der Waals surface area contributed by atoms with E-state index in [2.05, 4.69) is 5.32 Å². The molecule has 0 heterocycles. The quantitative estimate of drug-likeness (QED) is 0.415. The molecule has 1 amide bonds. The van der Waals surface area contributed by atoms with Crippen molar-refractivity contribution in [3.63, 3.8) is 0 Å². The summed E-state index contributed by atoms with van der Waals surface area (Å²) in [4.78, 5) is 47.8. The Labute approximate surface area is 137 Å². The van der Waals surface area contributed by atoms with Crippen LogP contribution < -0.4 is 5.32 Å². The number of ether oxygens (including phenoxy) is 2. The predicted octanol–water partition coefficient (Wildman–Crippen LogP) is 2.02. The highest BCUT2D eigenvalue weighted by atomic mass is 16.6. The van der Waals surface area contributed by atoms with Gasteiger partial charge in [-0.05, 0) is 34.1 Å². The molecule has 0 aromatic carbocycles. The fraction of sp³-hybridized carbons (Fsp3) is 0.750. The van der Waals surface area contributed by atoms with Gasteiger partial charge in [0.25, 0.3) is 0 Å². The van der Waals surface area contributed by atoms with Crippen molar-refractivity contribution >= 4 is 24.1 Å². The van der Waals surface area contributed by atoms with Crippen molar-refractivity contribution in [1.82, 2.24) is 5.32 Å². The number of hydrogen-bond donors (Lipinski definition) is 1. The molecule has 0 fully saturated rings. The number of rotatable bonds is 8. The minimum atomic E-state index is -1.92. The van der Waals surface area contributed by atoms with E-state index in [-0.39, 0.29) is 19.4 Å². The molecule has 1 atom stereocenters. The Morgan fingerprint density at radius 1 is 1.17 bits per heavy atom. The van der Waals surface area contributed by atoms with Gasteiger partial charge >= 0.3 is 12.1 Å². The summed E-state index contributed by atoms with van der Waals surface area (Å²) in [5, 5.41) is 2.34. The SMILES string of the molecule is CCOC(=O)[C@@](CCC=O)(NC(=O)OC(C)(C)C)C(=O)C(C)C. The summed E-state index contributed by atoms with van der Waals surface area (Å²) in [7, 11) is 0. The normalized spacial score (nSPS) is 13.9. The number of aldehydes is 1. The summed E-state index contributed by atoms with van der Waals surface area (Å²) in [6.45, 7) is 9.83. The molecule has 0 aliphatic rings. The lowest BCUT2D eigenvalue weighted by atomic mass is 9.83. The van der Waals surface area contributed by atoms with Crippen molar-refractivity contribution in [2.45, 2.75) is 65.5 Å². The number of nitrogens with one attached hydrogen (secondary N) is 1. The van der Waals surface area contributed by atoms with E-state index in [4.69, 9.17) is 9.47 Å². The van der Waals surface area contributed by atoms with Crippen LogP contribution in [0.3, 0.4) is 0 Å². The molecule has 0 aromatic heterocycles. The van der Waals surface area contributed by atoms with Crippen molar-refractivity contribution in [2.24, 2.45) is 5.92 Å². The number of alkyl carbamates (subject to hydrolysis) is 1. The van der Waals surface area contributed by atoms with Crippen LogP contribution >= 0.6 is 0 Å². The molecule has 1 N–H and O–H groups in total. The Morgan fingerprint density at radius 3 is 2.13 bits per heavy atom. The van der Waals surface area contributed by atoms with Crippen molar-refractivity contribution < 1.29 is 28.7 Å². The topological polar surface area (TPSA) is 98.8 Å². The average molecular weight is 329 g/mol. The second kappa shape index (κ2) is 8.64. The summed E-state index contributed by atoms with van der Waals surface area (Å²) in [5.41, 5.74) is -2.72. The number of Topliss-reactive ketones (excluding diaryl/α,β-unsaturated/α-hetero) is 1. The minimum absolute atomic E-state index is 0.0447. The van der Waals surface area contributed by atoms with Crippen molar-refractivity contribution in [1.29, 1.82) is 0 Å². The van der Waals surface area contributed by atoms with Gasteiger partial charge in [-0.2, -0.15) is 0 Å². The molecule has 0 spiro atoms. The van der Waals surface area contributed by atoms with Gasteiger partial charge in [-0.3, -0.25) is 10.1 Å². The number of carbonyl (C=O) groups is 4. The van der Waals surface area contributed by atoms with E-state index in [0.717, 1.165) is 0 Å². The zero-order chi connectivity index (χ0) is 18.3. The molecular weight excluding hydrogens is 302 g/mol. The van der Waals surface area contributed by atoms with E-state index in [1.807, 2.05) is 0 Å². The van der Waals surface area contributed by atoms with Crippen LogP contribution in [0.25, 0.3) is 0 Å². The third kappa shape index (κ3) is 6.38. The molecule has 0 bridgehead atoms. The molecule has 132 valence electrons. The Morgan fingerprint density at radius 2 is 1.74 bits per heavy atom. The maximum absolute atomic E-state index is 12.6. The summed E-state index contributed by atoms with van der Waals surface area (Å²) in [5.74, 6) is -1.95. The summed E-state index contributed by atoms with van der Waals surface area (Å²) in [6, 6.07) is 0. The van der Waals surface area contributed by atoms with Gasteiger partial charge in [0.1, 0.15) is 11.9 Å². The molecule has 0 saturated heterocycles. The van der Waals surface area contributed by atoms with Gasteiger partial charge < -0.3 is 14.3 Å². The van der Waals surface area contributed by atoms with Gasteiger partial charge in [-0.1, -0.05) is 13.8 Å². The highest BCUT2D eigenvalue weighted by molar-refractivity contribution is 6.11. The molecule has 0 radical (unpaired) electrons. The maximum atomic E-state index is 12.6. The Balaban J connectivity index is 5.69. The summed E-state index contributed by atoms with van der Waals surface area (Å²) >= 11 is 0. The van der Waals surface area contributed by atoms with Crippen molar-refractivity contribution in [3.05, 3.63) is 0 Å². The molecule has 0 unspecified atom stereocenters. The van der Waals surface area contributed by atoms with Crippen LogP contribution in [0.4, 0.5) is 4.79 Å². The van der Waals surface area contributed by atoms with Crippen LogP contribution in [0, 0.1) is 5.92 Å². The van der Waals surface area contributed by atoms with E-state index in [0.29, 0.717) is 6.29 Å². The van der Waals surface area contributed by atoms with E-state index >= 15 is 0 Å². The zero-order valence-corrected chi connectivity index (χ0v) is 14.7. The summed E-state index contributed by atoms with van der Waals surface area (Å²) in [6.07, 6.45) is -0.581. The lowest BCUT2D eigenvalue weighted by Crippen LogP contribution is -2.62. The standard InChI is InChI=1S/C16H27NO6/c1-7-22-13(20)16(9-8-10-18,12(19)11(2)3)17-14(21)23-15(4,5)6/h10-11H,7-9H2,1-6H3,(H,17,21)/t16-/m0/s1. The van der Waals surface area contributed by atoms with Gasteiger partial charge in [0, 0.05) is 12.3 Å². The van der Waals surface area contributed by atoms with Crippen molar-refractivity contribution in [2.75, 3.05) is 6.61 Å². The third-order valence-corrected chi connectivity index (χ3v) is 2.92. The highest BCUT2D eigenvalue weighted by Gasteiger charge is 2.49. The Bertz CT molecular complexity index is 452. The molecule has 0 saturated carbocycles. The molecule has 7 nitrogen and oxygen atoms in total. The molecular formula is C16H27NO6. The number of esters is 1. The minimum Gasteiger partial charge on any atom is -0.464 e. The number of ketones is 1. The monoisotopic (exact) mass is 329 g/mol. The van der Waals surface area contributed by atoms with Crippen LogP contribution in [0.5, 0.6) is 0 Å². The first kappa shape index (κ1) is 21.1. The zero-order valence-electron chi connectivity index (χ0n) is 14.7. The van der Waals surface area contributed by atoms with Crippen LogP contribution in [0.2, 0.25) is 0 Å². The smallest absolute Gasteiger partial charge is 0.408 e. The van der Waals surface area contributed by atoms with Crippen LogP contribution in [-0.2, 0) is 23.9 Å². The van der Waals surface area contributed by atoms with E-state index < -0.39 is 34.9 Å². The first-order valence-electron chi connectivity index (χ1n) is 7.66. The lowest BCUT2D eigenvalue weighted by molar-refractivity contribution is -0.156. The summed E-state index contributed by atoms with van der Waals surface area (Å²) < 4.78 is 10.1. The molecule has 23 heavy (non-hydrogen) atoms. The van der Waals surface area contributed by atoms with Crippen LogP contribution in [0.15, 0.2) is 0 Å². The third-order valence-electron chi connectivity index (χ3n) is 2.92. The van der Waals surface area contributed by atoms with Gasteiger partial charge in [-0.25, -0.2) is 9.59 Å². The fourth-order valence-corrected chi connectivity index (χ4v) is 2.00. The number of hydrogen-bond acceptors (Lipinski definition) is 6. The van der Waals surface area contributed by atoms with E-state index in [9.17, 15) is 19.2 Å². The predicted molar refractivity (Wildman–Crippen MR) is 83.9 cm³/mol. The molecule has 0 aliphatic carbocycles. The van der Waals surface area contributed by atoms with E-state index in [1.54, 1.807) is 41.5 Å². The van der Waals surface area contributed by atoms with Crippen molar-refractivity contribution in [3.8, 4) is 0 Å². The van der Waals surface area contributed by atoms with Crippen LogP contribution in [-0.4, -0.2) is 41.9 Å². The first-order chi connectivity index (χ1) is 10.5. The average Bonchev–Trinajstić information content (AvgIpc) is 2.40. The van der Waals surface area contributed by atoms with Gasteiger partial charge in [-0.15, -0.1) is 0 Å². The van der Waals surface area contributed by atoms with Gasteiger partial charge in [0.15, 0.2) is 11.3 Å². The van der Waals surface area contributed by atoms with Gasteiger partial charge in [0.2, 0.25) is 0 Å². The molecule has 0 aliphatic heterocycles.